The quantitative estimate of drug-likeness (QED) is 0.427. The van der Waals surface area contributed by atoms with Crippen molar-refractivity contribution in [2.24, 2.45) is 5.41 Å². The number of carbonyl (C=O) groups is 3. The molecule has 0 spiro atoms. The molecule has 0 radical (unpaired) electrons. The van der Waals surface area contributed by atoms with Crippen molar-refractivity contribution in [1.29, 1.82) is 0 Å². The summed E-state index contributed by atoms with van der Waals surface area (Å²) in [7, 11) is 0. The van der Waals surface area contributed by atoms with Crippen molar-refractivity contribution < 1.29 is 14.4 Å². The standard InChI is InChI=1S/C29H33N3O3/c1-20-13-15-24(16-14-20)31-28(35)25(18-29(2,3)4)32-27(34)23-12-8-9-21(17-23)19-30-26(33)22-10-6-5-7-11-22/h5-17,25H,18-19H2,1-4H3,(H,30,33)(H,31,35)(H,32,34)/t25-/m0/s1. The van der Waals surface area contributed by atoms with Crippen molar-refractivity contribution >= 4 is 23.4 Å². The molecule has 0 unspecified atom stereocenters. The molecule has 3 rings (SSSR count). The van der Waals surface area contributed by atoms with E-state index < -0.39 is 6.04 Å². The second-order valence-electron chi connectivity index (χ2n) is 9.90. The van der Waals surface area contributed by atoms with Crippen molar-refractivity contribution in [2.75, 3.05) is 5.32 Å². The molecule has 0 saturated heterocycles. The van der Waals surface area contributed by atoms with Gasteiger partial charge in [0.15, 0.2) is 0 Å². The lowest BCUT2D eigenvalue weighted by atomic mass is 9.87. The second-order valence-corrected chi connectivity index (χ2v) is 9.90. The zero-order chi connectivity index (χ0) is 25.4. The third-order valence-corrected chi connectivity index (χ3v) is 5.44. The Morgan fingerprint density at radius 1 is 0.800 bits per heavy atom. The van der Waals surface area contributed by atoms with E-state index in [0.29, 0.717) is 23.2 Å². The summed E-state index contributed by atoms with van der Waals surface area (Å²) in [6.45, 7) is 8.35. The van der Waals surface area contributed by atoms with Crippen molar-refractivity contribution in [3.63, 3.8) is 0 Å². The van der Waals surface area contributed by atoms with Crippen LogP contribution in [0.5, 0.6) is 0 Å². The number of hydrogen-bond acceptors (Lipinski definition) is 3. The Hall–Kier alpha value is -3.93. The van der Waals surface area contributed by atoms with E-state index in [1.807, 2.05) is 76.2 Å². The van der Waals surface area contributed by atoms with Gasteiger partial charge in [0.2, 0.25) is 5.91 Å². The number of anilines is 1. The van der Waals surface area contributed by atoms with Crippen LogP contribution in [-0.4, -0.2) is 23.8 Å². The normalized spacial score (nSPS) is 11.9. The third kappa shape index (κ3) is 8.10. The predicted molar refractivity (Wildman–Crippen MR) is 139 cm³/mol. The molecule has 3 aromatic carbocycles. The van der Waals surface area contributed by atoms with Gasteiger partial charge in [0.25, 0.3) is 11.8 Å². The average Bonchev–Trinajstić information content (AvgIpc) is 2.83. The number of nitrogens with one attached hydrogen (secondary N) is 3. The number of aryl methyl sites for hydroxylation is 1. The molecule has 3 N–H and O–H groups in total. The zero-order valence-corrected chi connectivity index (χ0v) is 20.7. The lowest BCUT2D eigenvalue weighted by Gasteiger charge is -2.26. The van der Waals surface area contributed by atoms with Gasteiger partial charge in [-0.05, 0) is 60.7 Å². The maximum Gasteiger partial charge on any atom is 0.251 e. The van der Waals surface area contributed by atoms with Crippen molar-refractivity contribution in [3.05, 3.63) is 101 Å². The van der Waals surface area contributed by atoms with Gasteiger partial charge in [-0.1, -0.05) is 68.8 Å². The molecule has 0 aliphatic heterocycles. The summed E-state index contributed by atoms with van der Waals surface area (Å²) in [4.78, 5) is 38.4. The van der Waals surface area contributed by atoms with Crippen LogP contribution in [0.3, 0.4) is 0 Å². The molecule has 0 aromatic heterocycles. The average molecular weight is 472 g/mol. The first-order valence-electron chi connectivity index (χ1n) is 11.7. The van der Waals surface area contributed by atoms with Crippen molar-refractivity contribution in [3.8, 4) is 0 Å². The largest absolute Gasteiger partial charge is 0.348 e. The summed E-state index contributed by atoms with van der Waals surface area (Å²) in [5.41, 5.74) is 3.40. The Morgan fingerprint density at radius 2 is 1.46 bits per heavy atom. The fourth-order valence-electron chi connectivity index (χ4n) is 3.63. The van der Waals surface area contributed by atoms with E-state index >= 15 is 0 Å². The van der Waals surface area contributed by atoms with Gasteiger partial charge in [0.1, 0.15) is 6.04 Å². The summed E-state index contributed by atoms with van der Waals surface area (Å²) < 4.78 is 0. The van der Waals surface area contributed by atoms with Gasteiger partial charge in [0, 0.05) is 23.4 Å². The SMILES string of the molecule is Cc1ccc(NC(=O)[C@H](CC(C)(C)C)NC(=O)c2cccc(CNC(=O)c3ccccc3)c2)cc1. The van der Waals surface area contributed by atoms with E-state index in [9.17, 15) is 14.4 Å². The molecule has 0 heterocycles. The molecule has 0 aliphatic rings. The van der Waals surface area contributed by atoms with Gasteiger partial charge in [-0.25, -0.2) is 0 Å². The lowest BCUT2D eigenvalue weighted by Crippen LogP contribution is -2.45. The molecule has 1 atom stereocenters. The summed E-state index contributed by atoms with van der Waals surface area (Å²) in [6, 6.07) is 22.8. The van der Waals surface area contributed by atoms with Crippen LogP contribution in [0.25, 0.3) is 0 Å². The minimum absolute atomic E-state index is 0.174. The van der Waals surface area contributed by atoms with E-state index in [2.05, 4.69) is 16.0 Å². The molecule has 3 aromatic rings. The van der Waals surface area contributed by atoms with Crippen molar-refractivity contribution in [2.45, 2.75) is 46.7 Å². The Balaban J connectivity index is 1.67. The highest BCUT2D eigenvalue weighted by Gasteiger charge is 2.27. The van der Waals surface area contributed by atoms with Crippen molar-refractivity contribution in [1.82, 2.24) is 10.6 Å². The zero-order valence-electron chi connectivity index (χ0n) is 20.7. The fraction of sp³-hybridized carbons (Fsp3) is 0.276. The predicted octanol–water partition coefficient (Wildman–Crippen LogP) is 5.10. The van der Waals surface area contributed by atoms with Gasteiger partial charge in [-0.15, -0.1) is 0 Å². The van der Waals surface area contributed by atoms with Gasteiger partial charge < -0.3 is 16.0 Å². The Morgan fingerprint density at radius 3 is 2.11 bits per heavy atom. The number of rotatable bonds is 8. The number of carbonyl (C=O) groups excluding carboxylic acids is 3. The number of benzene rings is 3. The highest BCUT2D eigenvalue weighted by molar-refractivity contribution is 6.01. The van der Waals surface area contributed by atoms with Crippen LogP contribution in [0, 0.1) is 12.3 Å². The first-order chi connectivity index (χ1) is 16.6. The highest BCUT2D eigenvalue weighted by Crippen LogP contribution is 2.22. The summed E-state index contributed by atoms with van der Waals surface area (Å²) in [6.07, 6.45) is 0.475. The molecule has 6 heteroatoms. The molecule has 35 heavy (non-hydrogen) atoms. The smallest absolute Gasteiger partial charge is 0.251 e. The van der Waals surface area contributed by atoms with E-state index in [4.69, 9.17) is 0 Å². The van der Waals surface area contributed by atoms with Crippen LogP contribution in [-0.2, 0) is 11.3 Å². The van der Waals surface area contributed by atoms with Crippen LogP contribution < -0.4 is 16.0 Å². The van der Waals surface area contributed by atoms with Gasteiger partial charge in [-0.3, -0.25) is 14.4 Å². The number of amides is 3. The van der Waals surface area contributed by atoms with Gasteiger partial charge in [0.05, 0.1) is 0 Å². The lowest BCUT2D eigenvalue weighted by molar-refractivity contribution is -0.118. The molecule has 0 fully saturated rings. The van der Waals surface area contributed by atoms with E-state index in [-0.39, 0.29) is 29.7 Å². The Kier molecular flexibility index (Phi) is 8.42. The fourth-order valence-corrected chi connectivity index (χ4v) is 3.63. The second kappa shape index (κ2) is 11.5. The van der Waals surface area contributed by atoms with Crippen LogP contribution in [0.15, 0.2) is 78.9 Å². The Bertz CT molecular complexity index is 1170. The van der Waals surface area contributed by atoms with Gasteiger partial charge >= 0.3 is 0 Å². The van der Waals surface area contributed by atoms with Crippen LogP contribution in [0.2, 0.25) is 0 Å². The molecule has 0 aliphatic carbocycles. The van der Waals surface area contributed by atoms with Gasteiger partial charge in [-0.2, -0.15) is 0 Å². The minimum atomic E-state index is -0.703. The number of hydrogen-bond donors (Lipinski definition) is 3. The van der Waals surface area contributed by atoms with Crippen LogP contribution >= 0.6 is 0 Å². The molecular weight excluding hydrogens is 438 g/mol. The first kappa shape index (κ1) is 25.7. The molecule has 182 valence electrons. The summed E-state index contributed by atoms with van der Waals surface area (Å²) in [5, 5.41) is 8.68. The topological polar surface area (TPSA) is 87.3 Å². The minimum Gasteiger partial charge on any atom is -0.348 e. The molecule has 6 nitrogen and oxygen atoms in total. The molecule has 0 saturated carbocycles. The van der Waals surface area contributed by atoms with E-state index in [0.717, 1.165) is 11.1 Å². The molecule has 0 bridgehead atoms. The highest BCUT2D eigenvalue weighted by atomic mass is 16.2. The monoisotopic (exact) mass is 471 g/mol. The first-order valence-corrected chi connectivity index (χ1v) is 11.7. The third-order valence-electron chi connectivity index (χ3n) is 5.44. The molecular formula is C29H33N3O3. The van der Waals surface area contributed by atoms with Crippen LogP contribution in [0.4, 0.5) is 5.69 Å². The summed E-state index contributed by atoms with van der Waals surface area (Å²) in [5.74, 6) is -0.781. The Labute approximate surface area is 207 Å². The van der Waals surface area contributed by atoms with E-state index in [1.165, 1.54) is 0 Å². The van der Waals surface area contributed by atoms with E-state index in [1.54, 1.807) is 30.3 Å². The maximum atomic E-state index is 13.1. The van der Waals surface area contributed by atoms with Crippen LogP contribution in [0.1, 0.15) is 59.0 Å². The summed E-state index contributed by atoms with van der Waals surface area (Å²) >= 11 is 0. The maximum absolute atomic E-state index is 13.1. The molecule has 3 amide bonds.